The fraction of sp³-hybridized carbons (Fsp3) is 0.0833. The Hall–Kier alpha value is -1.11. The molecule has 0 atom stereocenters. The van der Waals surface area contributed by atoms with Gasteiger partial charge in [-0.15, -0.1) is 0 Å². The van der Waals surface area contributed by atoms with E-state index in [1.54, 1.807) is 0 Å². The maximum atomic E-state index is 5.02. The molecular formula is C12H10BrNS. The number of hydrogen-bond acceptors (Lipinski definition) is 1. The van der Waals surface area contributed by atoms with Crippen LogP contribution in [-0.4, -0.2) is 11.5 Å². The molecule has 3 heteroatoms. The first-order valence-corrected chi connectivity index (χ1v) is 5.57. The molecule has 0 aliphatic rings. The topological polar surface area (TPSA) is 12.0 Å². The summed E-state index contributed by atoms with van der Waals surface area (Å²) in [7, 11) is 0. The summed E-state index contributed by atoms with van der Waals surface area (Å²) < 4.78 is 0.853. The van der Waals surface area contributed by atoms with Crippen molar-refractivity contribution in [3.05, 3.63) is 47.0 Å². The highest BCUT2D eigenvalue weighted by Crippen LogP contribution is 1.97. The van der Waals surface area contributed by atoms with E-state index in [2.05, 4.69) is 39.7 Å². The Balaban J connectivity index is 2.51. The molecular weight excluding hydrogens is 270 g/mol. The van der Waals surface area contributed by atoms with Crippen molar-refractivity contribution in [2.24, 2.45) is 0 Å². The minimum Gasteiger partial charge on any atom is -0.365 e. The lowest BCUT2D eigenvalue weighted by atomic mass is 10.2. The molecule has 1 aromatic carbocycles. The van der Waals surface area contributed by atoms with Crippen LogP contribution < -0.4 is 5.32 Å². The average Bonchev–Trinajstić information content (AvgIpc) is 2.25. The SMILES string of the molecule is C=C(Br)CNC(=S)C#Cc1ccccc1. The van der Waals surface area contributed by atoms with Crippen LogP contribution in [0.3, 0.4) is 0 Å². The zero-order valence-electron chi connectivity index (χ0n) is 8.09. The Morgan fingerprint density at radius 1 is 1.40 bits per heavy atom. The molecule has 0 fully saturated rings. The molecule has 0 aliphatic carbocycles. The van der Waals surface area contributed by atoms with Gasteiger partial charge in [-0.25, -0.2) is 0 Å². The van der Waals surface area contributed by atoms with Gasteiger partial charge in [-0.1, -0.05) is 58.8 Å². The monoisotopic (exact) mass is 279 g/mol. The van der Waals surface area contributed by atoms with Crippen molar-refractivity contribution in [3.63, 3.8) is 0 Å². The van der Waals surface area contributed by atoms with E-state index in [1.165, 1.54) is 0 Å². The summed E-state index contributed by atoms with van der Waals surface area (Å²) >= 11 is 8.26. The molecule has 0 spiro atoms. The van der Waals surface area contributed by atoms with Gasteiger partial charge < -0.3 is 5.32 Å². The van der Waals surface area contributed by atoms with Gasteiger partial charge in [-0.2, -0.15) is 0 Å². The van der Waals surface area contributed by atoms with Gasteiger partial charge in [-0.3, -0.25) is 0 Å². The van der Waals surface area contributed by atoms with Gasteiger partial charge >= 0.3 is 0 Å². The van der Waals surface area contributed by atoms with E-state index in [-0.39, 0.29) is 0 Å². The van der Waals surface area contributed by atoms with E-state index in [1.807, 2.05) is 30.3 Å². The molecule has 15 heavy (non-hydrogen) atoms. The van der Waals surface area contributed by atoms with Crippen molar-refractivity contribution in [2.75, 3.05) is 6.54 Å². The van der Waals surface area contributed by atoms with E-state index in [0.717, 1.165) is 10.0 Å². The Kier molecular flexibility index (Phi) is 5.09. The second-order valence-electron chi connectivity index (χ2n) is 2.82. The maximum absolute atomic E-state index is 5.02. The second-order valence-corrected chi connectivity index (χ2v) is 4.35. The fourth-order valence-corrected chi connectivity index (χ4v) is 1.13. The Morgan fingerprint density at radius 2 is 2.07 bits per heavy atom. The summed E-state index contributed by atoms with van der Waals surface area (Å²) in [6.45, 7) is 4.29. The van der Waals surface area contributed by atoms with Crippen molar-refractivity contribution in [3.8, 4) is 11.8 Å². The summed E-state index contributed by atoms with van der Waals surface area (Å²) in [6.07, 6.45) is 0. The van der Waals surface area contributed by atoms with Crippen LogP contribution in [0.5, 0.6) is 0 Å². The number of hydrogen-bond donors (Lipinski definition) is 1. The van der Waals surface area contributed by atoms with Gasteiger partial charge in [0.15, 0.2) is 4.99 Å². The number of nitrogens with one attached hydrogen (secondary N) is 1. The standard InChI is InChI=1S/C12H10BrNS/c1-10(13)9-14-12(15)8-7-11-5-3-2-4-6-11/h2-6H,1,9H2,(H,14,15). The van der Waals surface area contributed by atoms with Crippen LogP contribution in [0.1, 0.15) is 5.56 Å². The van der Waals surface area contributed by atoms with Crippen LogP contribution in [0, 0.1) is 11.8 Å². The van der Waals surface area contributed by atoms with Crippen LogP contribution in [0.4, 0.5) is 0 Å². The highest BCUT2D eigenvalue weighted by atomic mass is 79.9. The lowest BCUT2D eigenvalue weighted by Gasteiger charge is -1.99. The van der Waals surface area contributed by atoms with E-state index in [4.69, 9.17) is 12.2 Å². The van der Waals surface area contributed by atoms with Crippen LogP contribution in [0.25, 0.3) is 0 Å². The number of thiocarbonyl (C=S) groups is 1. The first-order valence-electron chi connectivity index (χ1n) is 4.36. The molecule has 0 amide bonds. The van der Waals surface area contributed by atoms with Gasteiger partial charge in [0.05, 0.1) is 0 Å². The van der Waals surface area contributed by atoms with Crippen molar-refractivity contribution in [1.29, 1.82) is 0 Å². The van der Waals surface area contributed by atoms with E-state index >= 15 is 0 Å². The summed E-state index contributed by atoms with van der Waals surface area (Å²) in [6, 6.07) is 9.73. The summed E-state index contributed by atoms with van der Waals surface area (Å²) in [5.74, 6) is 5.83. The molecule has 0 aromatic heterocycles. The zero-order chi connectivity index (χ0) is 11.1. The average molecular weight is 280 g/mol. The third-order valence-electron chi connectivity index (χ3n) is 1.53. The van der Waals surface area contributed by atoms with Crippen molar-refractivity contribution in [1.82, 2.24) is 5.32 Å². The van der Waals surface area contributed by atoms with Gasteiger partial charge in [-0.05, 0) is 18.1 Å². The Bertz CT molecular complexity index is 414. The molecule has 1 rings (SSSR count). The molecule has 0 saturated carbocycles. The van der Waals surface area contributed by atoms with Crippen molar-refractivity contribution >= 4 is 33.1 Å². The minimum atomic E-state index is 0.527. The van der Waals surface area contributed by atoms with Gasteiger partial charge in [0.25, 0.3) is 0 Å². The molecule has 1 nitrogen and oxygen atoms in total. The van der Waals surface area contributed by atoms with Gasteiger partial charge in [0.1, 0.15) is 0 Å². The molecule has 0 bridgehead atoms. The smallest absolute Gasteiger partial charge is 0.151 e. The molecule has 0 saturated heterocycles. The van der Waals surface area contributed by atoms with Crippen LogP contribution in [-0.2, 0) is 0 Å². The van der Waals surface area contributed by atoms with Crippen molar-refractivity contribution in [2.45, 2.75) is 0 Å². The number of rotatable bonds is 2. The maximum Gasteiger partial charge on any atom is 0.151 e. The molecule has 0 heterocycles. The normalized spacial score (nSPS) is 8.60. The van der Waals surface area contributed by atoms with Crippen molar-refractivity contribution < 1.29 is 0 Å². The van der Waals surface area contributed by atoms with Gasteiger partial charge in [0.2, 0.25) is 0 Å². The number of halogens is 1. The third-order valence-corrected chi connectivity index (χ3v) is 2.06. The summed E-state index contributed by atoms with van der Waals surface area (Å²) in [5, 5.41) is 2.96. The first-order chi connectivity index (χ1) is 7.18. The predicted octanol–water partition coefficient (Wildman–Crippen LogP) is 2.86. The Labute approximate surface area is 104 Å². The lowest BCUT2D eigenvalue weighted by Crippen LogP contribution is -2.20. The molecule has 0 radical (unpaired) electrons. The third kappa shape index (κ3) is 5.36. The van der Waals surface area contributed by atoms with E-state index in [0.29, 0.717) is 11.5 Å². The van der Waals surface area contributed by atoms with E-state index in [9.17, 15) is 0 Å². The summed E-state index contributed by atoms with van der Waals surface area (Å²) in [5.41, 5.74) is 0.958. The van der Waals surface area contributed by atoms with Crippen LogP contribution in [0.15, 0.2) is 41.4 Å². The molecule has 0 aliphatic heterocycles. The highest BCUT2D eigenvalue weighted by molar-refractivity contribution is 9.11. The fourth-order valence-electron chi connectivity index (χ4n) is 0.871. The van der Waals surface area contributed by atoms with Crippen LogP contribution >= 0.6 is 28.1 Å². The molecule has 1 aromatic rings. The minimum absolute atomic E-state index is 0.527. The predicted molar refractivity (Wildman–Crippen MR) is 72.0 cm³/mol. The zero-order valence-corrected chi connectivity index (χ0v) is 10.5. The highest BCUT2D eigenvalue weighted by Gasteiger charge is 1.90. The van der Waals surface area contributed by atoms with Gasteiger partial charge in [0, 0.05) is 16.6 Å². The molecule has 0 unspecified atom stereocenters. The number of benzene rings is 1. The van der Waals surface area contributed by atoms with E-state index < -0.39 is 0 Å². The lowest BCUT2D eigenvalue weighted by molar-refractivity contribution is 1.07. The molecule has 1 N–H and O–H groups in total. The molecule has 76 valence electrons. The quantitative estimate of drug-likeness (QED) is 0.660. The van der Waals surface area contributed by atoms with Crippen LogP contribution in [0.2, 0.25) is 0 Å². The Morgan fingerprint density at radius 3 is 2.67 bits per heavy atom. The summed E-state index contributed by atoms with van der Waals surface area (Å²) in [4.78, 5) is 0.527. The second kappa shape index (κ2) is 6.39. The first kappa shape index (κ1) is 12.0. The largest absolute Gasteiger partial charge is 0.365 e.